The van der Waals surface area contributed by atoms with Crippen LogP contribution in [-0.2, 0) is 14.8 Å². The van der Waals surface area contributed by atoms with E-state index in [-0.39, 0.29) is 16.5 Å². The summed E-state index contributed by atoms with van der Waals surface area (Å²) in [6.45, 7) is 5.20. The van der Waals surface area contributed by atoms with Gasteiger partial charge >= 0.3 is 0 Å². The Labute approximate surface area is 152 Å². The maximum atomic E-state index is 12.5. The number of amides is 2. The molecule has 0 spiro atoms. The molecule has 1 aliphatic rings. The SMILES string of the molecule is Cc1ccc(C)c([C@@H](C)NC(=O)CN2C(=O)c3ccccc3S2(=O)=O)c1. The number of sulfonamides is 1. The summed E-state index contributed by atoms with van der Waals surface area (Å²) < 4.78 is 25.6. The van der Waals surface area contributed by atoms with Crippen LogP contribution in [0.2, 0.25) is 0 Å². The number of hydrogen-bond acceptors (Lipinski definition) is 4. The summed E-state index contributed by atoms with van der Waals surface area (Å²) in [4.78, 5) is 24.7. The number of hydrogen-bond donors (Lipinski definition) is 1. The van der Waals surface area contributed by atoms with Gasteiger partial charge in [0.15, 0.2) is 0 Å². The summed E-state index contributed by atoms with van der Waals surface area (Å²) in [7, 11) is -3.98. The molecular weight excluding hydrogens is 352 g/mol. The maximum Gasteiger partial charge on any atom is 0.269 e. The molecule has 0 bridgehead atoms. The van der Waals surface area contributed by atoms with Crippen LogP contribution in [0.15, 0.2) is 47.4 Å². The van der Waals surface area contributed by atoms with E-state index in [2.05, 4.69) is 5.32 Å². The zero-order valence-corrected chi connectivity index (χ0v) is 15.6. The average Bonchev–Trinajstić information content (AvgIpc) is 2.78. The minimum Gasteiger partial charge on any atom is -0.348 e. The Morgan fingerprint density at radius 2 is 1.85 bits per heavy atom. The highest BCUT2D eigenvalue weighted by atomic mass is 32.2. The molecule has 0 aliphatic carbocycles. The smallest absolute Gasteiger partial charge is 0.269 e. The largest absolute Gasteiger partial charge is 0.348 e. The van der Waals surface area contributed by atoms with Crippen molar-refractivity contribution >= 4 is 21.8 Å². The van der Waals surface area contributed by atoms with Gasteiger partial charge in [0.2, 0.25) is 5.91 Å². The number of fused-ring (bicyclic) bond motifs is 1. The Balaban J connectivity index is 1.77. The predicted molar refractivity (Wildman–Crippen MR) is 97.1 cm³/mol. The number of nitrogens with zero attached hydrogens (tertiary/aromatic N) is 1. The van der Waals surface area contributed by atoms with Gasteiger partial charge in [0, 0.05) is 0 Å². The van der Waals surface area contributed by atoms with Crippen molar-refractivity contribution in [2.75, 3.05) is 6.54 Å². The van der Waals surface area contributed by atoms with Crippen molar-refractivity contribution in [2.45, 2.75) is 31.7 Å². The lowest BCUT2D eigenvalue weighted by Gasteiger charge is -2.20. The lowest BCUT2D eigenvalue weighted by Crippen LogP contribution is -2.41. The summed E-state index contributed by atoms with van der Waals surface area (Å²) in [6.07, 6.45) is 0. The van der Waals surface area contributed by atoms with Gasteiger partial charge in [-0.05, 0) is 44.0 Å². The van der Waals surface area contributed by atoms with Gasteiger partial charge in [0.1, 0.15) is 11.4 Å². The standard InChI is InChI=1S/C19H20N2O4S/c1-12-8-9-13(2)16(10-12)14(3)20-18(22)11-21-19(23)15-6-4-5-7-17(15)26(21,24)25/h4-10,14H,11H2,1-3H3,(H,20,22)/t14-/m1/s1. The molecule has 0 saturated carbocycles. The van der Waals surface area contributed by atoms with E-state index in [0.717, 1.165) is 16.7 Å². The van der Waals surface area contributed by atoms with Gasteiger partial charge in [0.05, 0.1) is 11.6 Å². The molecule has 0 unspecified atom stereocenters. The van der Waals surface area contributed by atoms with Crippen LogP contribution in [0, 0.1) is 13.8 Å². The summed E-state index contributed by atoms with van der Waals surface area (Å²) in [6, 6.07) is 11.6. The summed E-state index contributed by atoms with van der Waals surface area (Å²) >= 11 is 0. The highest BCUT2D eigenvalue weighted by Crippen LogP contribution is 2.29. The van der Waals surface area contributed by atoms with Crippen LogP contribution in [0.3, 0.4) is 0 Å². The molecule has 2 aromatic carbocycles. The molecule has 0 aromatic heterocycles. The van der Waals surface area contributed by atoms with Crippen LogP contribution in [0.5, 0.6) is 0 Å². The molecule has 2 amide bonds. The molecule has 1 N–H and O–H groups in total. The summed E-state index contributed by atoms with van der Waals surface area (Å²) in [5.41, 5.74) is 3.15. The number of benzene rings is 2. The van der Waals surface area contributed by atoms with Crippen molar-refractivity contribution in [1.82, 2.24) is 9.62 Å². The third-order valence-corrected chi connectivity index (χ3v) is 6.26. The van der Waals surface area contributed by atoms with Crippen LogP contribution in [0.1, 0.15) is 40.0 Å². The first-order valence-electron chi connectivity index (χ1n) is 8.24. The van der Waals surface area contributed by atoms with E-state index in [4.69, 9.17) is 0 Å². The van der Waals surface area contributed by atoms with Gasteiger partial charge in [-0.3, -0.25) is 9.59 Å². The van der Waals surface area contributed by atoms with E-state index in [1.165, 1.54) is 12.1 Å². The highest BCUT2D eigenvalue weighted by Gasteiger charge is 2.41. The number of aryl methyl sites for hydroxylation is 2. The minimum absolute atomic E-state index is 0.0552. The van der Waals surface area contributed by atoms with Crippen LogP contribution < -0.4 is 5.32 Å². The van der Waals surface area contributed by atoms with Gasteiger partial charge in [-0.2, -0.15) is 0 Å². The topological polar surface area (TPSA) is 83.6 Å². The first-order valence-corrected chi connectivity index (χ1v) is 9.68. The van der Waals surface area contributed by atoms with Crippen molar-refractivity contribution in [2.24, 2.45) is 0 Å². The van der Waals surface area contributed by atoms with E-state index in [1.54, 1.807) is 12.1 Å². The van der Waals surface area contributed by atoms with Gasteiger partial charge < -0.3 is 5.32 Å². The number of carbonyl (C=O) groups excluding carboxylic acids is 2. The Bertz CT molecular complexity index is 998. The first kappa shape index (κ1) is 18.1. The van der Waals surface area contributed by atoms with Crippen molar-refractivity contribution in [3.05, 3.63) is 64.7 Å². The first-order chi connectivity index (χ1) is 12.2. The Morgan fingerprint density at radius 3 is 2.54 bits per heavy atom. The third-order valence-electron chi connectivity index (χ3n) is 4.48. The second-order valence-corrected chi connectivity index (χ2v) is 8.29. The van der Waals surface area contributed by atoms with Gasteiger partial charge in [-0.1, -0.05) is 35.9 Å². The molecule has 1 heterocycles. The van der Waals surface area contributed by atoms with Crippen molar-refractivity contribution in [3.8, 4) is 0 Å². The zero-order valence-electron chi connectivity index (χ0n) is 14.8. The van der Waals surface area contributed by atoms with E-state index in [0.29, 0.717) is 4.31 Å². The maximum absolute atomic E-state index is 12.5. The molecule has 1 atom stereocenters. The van der Waals surface area contributed by atoms with Crippen LogP contribution in [0.4, 0.5) is 0 Å². The lowest BCUT2D eigenvalue weighted by atomic mass is 10.00. The molecule has 7 heteroatoms. The lowest BCUT2D eigenvalue weighted by molar-refractivity contribution is -0.121. The van der Waals surface area contributed by atoms with E-state index >= 15 is 0 Å². The van der Waals surface area contributed by atoms with Crippen LogP contribution in [0.25, 0.3) is 0 Å². The summed E-state index contributed by atoms with van der Waals surface area (Å²) in [5.74, 6) is -1.20. The Morgan fingerprint density at radius 1 is 1.15 bits per heavy atom. The predicted octanol–water partition coefficient (Wildman–Crippen LogP) is 2.33. The second-order valence-electron chi connectivity index (χ2n) is 6.46. The molecule has 0 saturated heterocycles. The number of nitrogens with one attached hydrogen (secondary N) is 1. The number of rotatable bonds is 4. The minimum atomic E-state index is -3.98. The number of carbonyl (C=O) groups is 2. The van der Waals surface area contributed by atoms with Gasteiger partial charge in [0.25, 0.3) is 15.9 Å². The van der Waals surface area contributed by atoms with Crippen LogP contribution in [-0.4, -0.2) is 31.1 Å². The molecule has 26 heavy (non-hydrogen) atoms. The summed E-state index contributed by atoms with van der Waals surface area (Å²) in [5, 5.41) is 2.78. The fourth-order valence-electron chi connectivity index (χ4n) is 3.11. The van der Waals surface area contributed by atoms with Crippen molar-refractivity contribution < 1.29 is 18.0 Å². The third kappa shape index (κ3) is 3.10. The normalized spacial score (nSPS) is 16.3. The molecule has 0 fully saturated rings. The molecule has 6 nitrogen and oxygen atoms in total. The van der Waals surface area contributed by atoms with Gasteiger partial charge in [-0.25, -0.2) is 12.7 Å². The molecule has 0 radical (unpaired) electrons. The second kappa shape index (κ2) is 6.57. The molecule has 2 aromatic rings. The fourth-order valence-corrected chi connectivity index (χ4v) is 4.63. The molecular formula is C19H20N2O4S. The Hall–Kier alpha value is -2.67. The fraction of sp³-hybridized carbons (Fsp3) is 0.263. The molecule has 136 valence electrons. The Kier molecular flexibility index (Phi) is 4.58. The quantitative estimate of drug-likeness (QED) is 0.893. The van der Waals surface area contributed by atoms with E-state index in [9.17, 15) is 18.0 Å². The van der Waals surface area contributed by atoms with Gasteiger partial charge in [-0.15, -0.1) is 0 Å². The zero-order chi connectivity index (χ0) is 19.1. The van der Waals surface area contributed by atoms with Crippen molar-refractivity contribution in [1.29, 1.82) is 0 Å². The van der Waals surface area contributed by atoms with E-state index < -0.39 is 28.4 Å². The monoisotopic (exact) mass is 372 g/mol. The molecule has 1 aliphatic heterocycles. The highest BCUT2D eigenvalue weighted by molar-refractivity contribution is 7.90. The van der Waals surface area contributed by atoms with E-state index in [1.807, 2.05) is 39.0 Å². The average molecular weight is 372 g/mol. The van der Waals surface area contributed by atoms with Crippen molar-refractivity contribution in [3.63, 3.8) is 0 Å². The van der Waals surface area contributed by atoms with Crippen LogP contribution >= 0.6 is 0 Å². The molecule has 3 rings (SSSR count).